The Kier molecular flexibility index (Phi) is 6.34. The maximum Gasteiger partial charge on any atom is 0.0605 e. The predicted octanol–water partition coefficient (Wildman–Crippen LogP) is 3.70. The fraction of sp³-hybridized carbons (Fsp3) is 0.647. The van der Waals surface area contributed by atoms with Crippen molar-refractivity contribution in [1.29, 1.82) is 0 Å². The summed E-state index contributed by atoms with van der Waals surface area (Å²) in [5.41, 5.74) is 2.60. The lowest BCUT2D eigenvalue weighted by Crippen LogP contribution is -2.37. The van der Waals surface area contributed by atoms with Crippen LogP contribution in [0.15, 0.2) is 18.2 Å². The standard InChI is InChI=1S/C17H27ClN2O/c1-13(2)11-19-12-14-10-15(18)4-5-17(14)20-8-6-16(21-3)7-9-20/h4-5,10,13,16,19H,6-9,11-12H2,1-3H3. The summed E-state index contributed by atoms with van der Waals surface area (Å²) < 4.78 is 5.46. The second-order valence-corrected chi connectivity index (χ2v) is 6.66. The Hall–Kier alpha value is -0.770. The molecule has 0 atom stereocenters. The van der Waals surface area contributed by atoms with Gasteiger partial charge >= 0.3 is 0 Å². The highest BCUT2D eigenvalue weighted by atomic mass is 35.5. The van der Waals surface area contributed by atoms with E-state index in [1.807, 2.05) is 13.2 Å². The zero-order valence-electron chi connectivity index (χ0n) is 13.4. The van der Waals surface area contributed by atoms with Crippen LogP contribution in [0, 0.1) is 5.92 Å². The SMILES string of the molecule is COC1CCN(c2ccc(Cl)cc2CNCC(C)C)CC1. The Balaban J connectivity index is 2.04. The van der Waals surface area contributed by atoms with Crippen LogP contribution in [0.4, 0.5) is 5.69 Å². The highest BCUT2D eigenvalue weighted by Crippen LogP contribution is 2.27. The Morgan fingerprint density at radius 2 is 2.05 bits per heavy atom. The number of methoxy groups -OCH3 is 1. The number of halogens is 1. The summed E-state index contributed by atoms with van der Waals surface area (Å²) in [6, 6.07) is 6.24. The van der Waals surface area contributed by atoms with E-state index in [0.29, 0.717) is 12.0 Å². The van der Waals surface area contributed by atoms with Crippen molar-refractivity contribution >= 4 is 17.3 Å². The van der Waals surface area contributed by atoms with Crippen LogP contribution in [0.5, 0.6) is 0 Å². The molecule has 0 radical (unpaired) electrons. The second kappa shape index (κ2) is 8.02. The Morgan fingerprint density at radius 1 is 1.33 bits per heavy atom. The quantitative estimate of drug-likeness (QED) is 0.867. The first-order chi connectivity index (χ1) is 10.1. The average Bonchev–Trinajstić information content (AvgIpc) is 2.47. The second-order valence-electron chi connectivity index (χ2n) is 6.22. The van der Waals surface area contributed by atoms with E-state index in [2.05, 4.69) is 36.2 Å². The van der Waals surface area contributed by atoms with E-state index in [0.717, 1.165) is 44.0 Å². The van der Waals surface area contributed by atoms with Crippen molar-refractivity contribution in [3.8, 4) is 0 Å². The maximum atomic E-state index is 6.18. The van der Waals surface area contributed by atoms with Crippen molar-refractivity contribution < 1.29 is 4.74 Å². The third-order valence-electron chi connectivity index (χ3n) is 4.03. The Labute approximate surface area is 133 Å². The molecule has 21 heavy (non-hydrogen) atoms. The van der Waals surface area contributed by atoms with Gasteiger partial charge in [-0.15, -0.1) is 0 Å². The molecule has 1 aliphatic heterocycles. The molecule has 0 aromatic heterocycles. The molecular weight excluding hydrogens is 284 g/mol. The number of hydrogen-bond acceptors (Lipinski definition) is 3. The number of hydrogen-bond donors (Lipinski definition) is 1. The Morgan fingerprint density at radius 3 is 2.67 bits per heavy atom. The third kappa shape index (κ3) is 4.87. The van der Waals surface area contributed by atoms with Crippen molar-refractivity contribution in [2.45, 2.75) is 39.3 Å². The number of benzene rings is 1. The largest absolute Gasteiger partial charge is 0.381 e. The van der Waals surface area contributed by atoms with Gasteiger partial charge in [-0.1, -0.05) is 25.4 Å². The van der Waals surface area contributed by atoms with E-state index in [1.54, 1.807) is 0 Å². The van der Waals surface area contributed by atoms with E-state index < -0.39 is 0 Å². The molecule has 118 valence electrons. The highest BCUT2D eigenvalue weighted by Gasteiger charge is 2.20. The number of nitrogens with zero attached hydrogens (tertiary/aromatic N) is 1. The lowest BCUT2D eigenvalue weighted by Gasteiger charge is -2.34. The van der Waals surface area contributed by atoms with Crippen LogP contribution in [-0.2, 0) is 11.3 Å². The summed E-state index contributed by atoms with van der Waals surface area (Å²) >= 11 is 6.18. The zero-order chi connectivity index (χ0) is 15.2. The van der Waals surface area contributed by atoms with Gasteiger partial charge in [-0.05, 0) is 49.1 Å². The topological polar surface area (TPSA) is 24.5 Å². The molecule has 3 nitrogen and oxygen atoms in total. The molecule has 0 spiro atoms. The summed E-state index contributed by atoms with van der Waals surface area (Å²) in [4.78, 5) is 2.46. The van der Waals surface area contributed by atoms with Gasteiger partial charge in [-0.2, -0.15) is 0 Å². The van der Waals surface area contributed by atoms with Gasteiger partial charge in [0, 0.05) is 37.5 Å². The first kappa shape index (κ1) is 16.6. The smallest absolute Gasteiger partial charge is 0.0605 e. The van der Waals surface area contributed by atoms with Gasteiger partial charge in [0.15, 0.2) is 0 Å². The number of nitrogens with one attached hydrogen (secondary N) is 1. The molecule has 0 bridgehead atoms. The summed E-state index contributed by atoms with van der Waals surface area (Å²) in [6.45, 7) is 8.45. The Bertz CT molecular complexity index is 442. The first-order valence-electron chi connectivity index (χ1n) is 7.87. The molecule has 1 N–H and O–H groups in total. The molecule has 1 aliphatic rings. The molecule has 1 fully saturated rings. The van der Waals surface area contributed by atoms with Crippen LogP contribution in [0.1, 0.15) is 32.3 Å². The molecule has 0 amide bonds. The van der Waals surface area contributed by atoms with Crippen molar-refractivity contribution in [2.24, 2.45) is 5.92 Å². The summed E-state index contributed by atoms with van der Waals surface area (Å²) in [5, 5.41) is 4.33. The molecule has 0 saturated carbocycles. The van der Waals surface area contributed by atoms with E-state index in [4.69, 9.17) is 16.3 Å². The molecule has 1 heterocycles. The normalized spacial score (nSPS) is 16.7. The molecule has 1 aromatic rings. The minimum absolute atomic E-state index is 0.413. The molecule has 4 heteroatoms. The van der Waals surface area contributed by atoms with Crippen molar-refractivity contribution in [3.63, 3.8) is 0 Å². The summed E-state index contributed by atoms with van der Waals surface area (Å²) in [7, 11) is 1.81. The predicted molar refractivity (Wildman–Crippen MR) is 90.2 cm³/mol. The van der Waals surface area contributed by atoms with Crippen LogP contribution >= 0.6 is 11.6 Å². The maximum absolute atomic E-state index is 6.18. The molecule has 0 aliphatic carbocycles. The first-order valence-corrected chi connectivity index (χ1v) is 8.25. The molecule has 1 saturated heterocycles. The van der Waals surface area contributed by atoms with E-state index >= 15 is 0 Å². The average molecular weight is 311 g/mol. The van der Waals surface area contributed by atoms with Crippen LogP contribution in [-0.4, -0.2) is 32.8 Å². The summed E-state index contributed by atoms with van der Waals surface area (Å²) in [5.74, 6) is 0.657. The van der Waals surface area contributed by atoms with Crippen molar-refractivity contribution in [1.82, 2.24) is 5.32 Å². The number of rotatable bonds is 6. The fourth-order valence-electron chi connectivity index (χ4n) is 2.83. The van der Waals surface area contributed by atoms with Gasteiger partial charge in [0.1, 0.15) is 0 Å². The van der Waals surface area contributed by atoms with Gasteiger partial charge in [-0.25, -0.2) is 0 Å². The molecular formula is C17H27ClN2O. The van der Waals surface area contributed by atoms with Crippen molar-refractivity contribution in [2.75, 3.05) is 31.6 Å². The van der Waals surface area contributed by atoms with Gasteiger partial charge in [0.2, 0.25) is 0 Å². The van der Waals surface area contributed by atoms with Gasteiger partial charge in [0.05, 0.1) is 6.10 Å². The van der Waals surface area contributed by atoms with Gasteiger partial charge in [-0.3, -0.25) is 0 Å². The number of anilines is 1. The minimum atomic E-state index is 0.413. The van der Waals surface area contributed by atoms with Crippen molar-refractivity contribution in [3.05, 3.63) is 28.8 Å². The van der Waals surface area contributed by atoms with E-state index in [-0.39, 0.29) is 0 Å². The zero-order valence-corrected chi connectivity index (χ0v) is 14.1. The molecule has 0 unspecified atom stereocenters. The monoisotopic (exact) mass is 310 g/mol. The van der Waals surface area contributed by atoms with Gasteiger partial charge < -0.3 is 15.0 Å². The van der Waals surface area contributed by atoms with Crippen LogP contribution in [0.2, 0.25) is 5.02 Å². The lowest BCUT2D eigenvalue weighted by molar-refractivity contribution is 0.0819. The van der Waals surface area contributed by atoms with Crippen LogP contribution in [0.3, 0.4) is 0 Å². The number of piperidine rings is 1. The molecule has 1 aromatic carbocycles. The summed E-state index contributed by atoms with van der Waals surface area (Å²) in [6.07, 6.45) is 2.60. The van der Waals surface area contributed by atoms with E-state index in [1.165, 1.54) is 11.3 Å². The van der Waals surface area contributed by atoms with Crippen LogP contribution in [0.25, 0.3) is 0 Å². The van der Waals surface area contributed by atoms with E-state index in [9.17, 15) is 0 Å². The fourth-order valence-corrected chi connectivity index (χ4v) is 3.03. The molecule has 2 rings (SSSR count). The van der Waals surface area contributed by atoms with Gasteiger partial charge in [0.25, 0.3) is 0 Å². The number of ether oxygens (including phenoxy) is 1. The highest BCUT2D eigenvalue weighted by molar-refractivity contribution is 6.30. The van der Waals surface area contributed by atoms with Crippen LogP contribution < -0.4 is 10.2 Å². The third-order valence-corrected chi connectivity index (χ3v) is 4.26. The minimum Gasteiger partial charge on any atom is -0.381 e. The lowest BCUT2D eigenvalue weighted by atomic mass is 10.0.